The number of benzene rings is 1. The Morgan fingerprint density at radius 1 is 1.32 bits per heavy atom. The van der Waals surface area contributed by atoms with Crippen molar-refractivity contribution in [3.05, 3.63) is 35.4 Å². The van der Waals surface area contributed by atoms with Gasteiger partial charge in [0.1, 0.15) is 6.04 Å². The van der Waals surface area contributed by atoms with Gasteiger partial charge in [0.15, 0.2) is 0 Å². The average Bonchev–Trinajstić information content (AvgIpc) is 2.52. The molecule has 0 aromatic heterocycles. The van der Waals surface area contributed by atoms with Crippen molar-refractivity contribution in [3.63, 3.8) is 0 Å². The zero-order chi connectivity index (χ0) is 16.1. The molecular weight excluding hydrogens is 278 g/mol. The molecular formula is C18H25NO3. The molecule has 4 heteroatoms. The minimum atomic E-state index is -0.563. The number of fused-ring (bicyclic) bond motifs is 1. The third-order valence-corrected chi connectivity index (χ3v) is 4.20. The number of amides is 1. The van der Waals surface area contributed by atoms with Gasteiger partial charge in [0, 0.05) is 0 Å². The molecule has 1 aliphatic rings. The first-order valence-electron chi connectivity index (χ1n) is 7.99. The summed E-state index contributed by atoms with van der Waals surface area (Å²) in [7, 11) is 1.36. The van der Waals surface area contributed by atoms with Gasteiger partial charge in [-0.05, 0) is 42.7 Å². The Bertz CT molecular complexity index is 539. The minimum Gasteiger partial charge on any atom is -0.467 e. The molecule has 0 bridgehead atoms. The van der Waals surface area contributed by atoms with Crippen LogP contribution in [0.15, 0.2) is 24.3 Å². The number of rotatable bonds is 5. The topological polar surface area (TPSA) is 55.4 Å². The van der Waals surface area contributed by atoms with E-state index in [9.17, 15) is 9.59 Å². The van der Waals surface area contributed by atoms with E-state index in [1.165, 1.54) is 12.7 Å². The molecule has 2 rings (SSSR count). The summed E-state index contributed by atoms with van der Waals surface area (Å²) < 4.78 is 4.82. The highest BCUT2D eigenvalue weighted by atomic mass is 16.5. The second-order valence-electron chi connectivity index (χ2n) is 6.36. The lowest BCUT2D eigenvalue weighted by atomic mass is 9.82. The zero-order valence-electron chi connectivity index (χ0n) is 13.6. The second-order valence-corrected chi connectivity index (χ2v) is 6.36. The van der Waals surface area contributed by atoms with Crippen LogP contribution in [0.5, 0.6) is 0 Å². The standard InChI is InChI=1S/C18H25NO3/c1-12(2)11-16(18(21)22-3)19-17(20)15-10-6-8-13-7-4-5-9-14(13)15/h4-5,7,9,12,15-16H,6,8,10-11H2,1-3H3,(H,19,20)/t15?,16-/m0/s1. The maximum absolute atomic E-state index is 12.7. The van der Waals surface area contributed by atoms with E-state index < -0.39 is 6.04 Å². The van der Waals surface area contributed by atoms with Crippen molar-refractivity contribution in [1.29, 1.82) is 0 Å². The quantitative estimate of drug-likeness (QED) is 0.851. The van der Waals surface area contributed by atoms with Crippen LogP contribution in [0.2, 0.25) is 0 Å². The van der Waals surface area contributed by atoms with Gasteiger partial charge >= 0.3 is 5.97 Å². The van der Waals surface area contributed by atoms with Crippen LogP contribution in [0.25, 0.3) is 0 Å². The van der Waals surface area contributed by atoms with E-state index in [-0.39, 0.29) is 17.8 Å². The lowest BCUT2D eigenvalue weighted by molar-refractivity contribution is -0.145. The van der Waals surface area contributed by atoms with Crippen LogP contribution in [-0.4, -0.2) is 25.0 Å². The highest BCUT2D eigenvalue weighted by Gasteiger charge is 2.30. The Balaban J connectivity index is 2.12. The van der Waals surface area contributed by atoms with Crippen LogP contribution in [-0.2, 0) is 20.7 Å². The maximum Gasteiger partial charge on any atom is 0.328 e. The first-order chi connectivity index (χ1) is 10.5. The monoisotopic (exact) mass is 303 g/mol. The summed E-state index contributed by atoms with van der Waals surface area (Å²) in [5.41, 5.74) is 2.34. The van der Waals surface area contributed by atoms with E-state index in [2.05, 4.69) is 11.4 Å². The van der Waals surface area contributed by atoms with Gasteiger partial charge in [-0.15, -0.1) is 0 Å². The number of aryl methyl sites for hydroxylation is 1. The van der Waals surface area contributed by atoms with Crippen LogP contribution in [0.3, 0.4) is 0 Å². The van der Waals surface area contributed by atoms with Crippen LogP contribution < -0.4 is 5.32 Å². The maximum atomic E-state index is 12.7. The molecule has 1 aromatic carbocycles. The van der Waals surface area contributed by atoms with Gasteiger partial charge in [0.05, 0.1) is 13.0 Å². The molecule has 120 valence electrons. The van der Waals surface area contributed by atoms with Crippen molar-refractivity contribution >= 4 is 11.9 Å². The molecule has 1 amide bonds. The van der Waals surface area contributed by atoms with Gasteiger partial charge in [-0.3, -0.25) is 4.79 Å². The van der Waals surface area contributed by atoms with Crippen molar-refractivity contribution < 1.29 is 14.3 Å². The van der Waals surface area contributed by atoms with Crippen LogP contribution in [0.4, 0.5) is 0 Å². The van der Waals surface area contributed by atoms with E-state index in [4.69, 9.17) is 4.74 Å². The van der Waals surface area contributed by atoms with Crippen molar-refractivity contribution in [3.8, 4) is 0 Å². The van der Waals surface area contributed by atoms with Gasteiger partial charge in [-0.2, -0.15) is 0 Å². The van der Waals surface area contributed by atoms with Gasteiger partial charge < -0.3 is 10.1 Å². The number of hydrogen-bond acceptors (Lipinski definition) is 3. The normalized spacial score (nSPS) is 18.5. The second kappa shape index (κ2) is 7.43. The van der Waals surface area contributed by atoms with E-state index in [1.54, 1.807) is 0 Å². The van der Waals surface area contributed by atoms with Gasteiger partial charge in [-0.1, -0.05) is 38.1 Å². The fraction of sp³-hybridized carbons (Fsp3) is 0.556. The van der Waals surface area contributed by atoms with Crippen molar-refractivity contribution in [2.24, 2.45) is 5.92 Å². The van der Waals surface area contributed by atoms with E-state index >= 15 is 0 Å². The Morgan fingerprint density at radius 2 is 2.05 bits per heavy atom. The lowest BCUT2D eigenvalue weighted by Crippen LogP contribution is -2.44. The van der Waals surface area contributed by atoms with Crippen LogP contribution >= 0.6 is 0 Å². The zero-order valence-corrected chi connectivity index (χ0v) is 13.6. The number of ether oxygens (including phenoxy) is 1. The molecule has 0 heterocycles. The van der Waals surface area contributed by atoms with Gasteiger partial charge in [0.2, 0.25) is 5.91 Å². The molecule has 0 radical (unpaired) electrons. The van der Waals surface area contributed by atoms with Gasteiger partial charge in [0.25, 0.3) is 0 Å². The van der Waals surface area contributed by atoms with Crippen molar-refractivity contribution in [2.75, 3.05) is 7.11 Å². The molecule has 0 saturated carbocycles. The first-order valence-corrected chi connectivity index (χ1v) is 7.99. The largest absolute Gasteiger partial charge is 0.467 e. The summed E-state index contributed by atoms with van der Waals surface area (Å²) in [6, 6.07) is 7.52. The molecule has 1 unspecified atom stereocenters. The number of methoxy groups -OCH3 is 1. The van der Waals surface area contributed by atoms with E-state index in [1.807, 2.05) is 32.0 Å². The Hall–Kier alpha value is -1.84. The summed E-state index contributed by atoms with van der Waals surface area (Å²) in [6.45, 7) is 4.05. The number of carbonyl (C=O) groups is 2. The number of esters is 1. The SMILES string of the molecule is COC(=O)[C@H](CC(C)C)NC(=O)C1CCCc2ccccc21. The summed E-state index contributed by atoms with van der Waals surface area (Å²) >= 11 is 0. The van der Waals surface area contributed by atoms with E-state index in [0.29, 0.717) is 12.3 Å². The van der Waals surface area contributed by atoms with Gasteiger partial charge in [-0.25, -0.2) is 4.79 Å². The molecule has 1 N–H and O–H groups in total. The molecule has 0 spiro atoms. The highest BCUT2D eigenvalue weighted by Crippen LogP contribution is 2.31. The van der Waals surface area contributed by atoms with Crippen LogP contribution in [0.1, 0.15) is 50.2 Å². The fourth-order valence-electron chi connectivity index (χ4n) is 3.13. The first kappa shape index (κ1) is 16.5. The molecule has 0 aliphatic heterocycles. The summed E-state index contributed by atoms with van der Waals surface area (Å²) in [6.07, 6.45) is 3.44. The fourth-order valence-corrected chi connectivity index (χ4v) is 3.13. The molecule has 2 atom stereocenters. The Kier molecular flexibility index (Phi) is 5.58. The van der Waals surface area contributed by atoms with E-state index in [0.717, 1.165) is 24.8 Å². The smallest absolute Gasteiger partial charge is 0.328 e. The third kappa shape index (κ3) is 3.87. The summed E-state index contributed by atoms with van der Waals surface area (Å²) in [5, 5.41) is 2.90. The predicted molar refractivity (Wildman–Crippen MR) is 85.5 cm³/mol. The predicted octanol–water partition coefficient (Wildman–Crippen LogP) is 2.81. The molecule has 22 heavy (non-hydrogen) atoms. The lowest BCUT2D eigenvalue weighted by Gasteiger charge is -2.27. The Labute approximate surface area is 132 Å². The van der Waals surface area contributed by atoms with Crippen molar-refractivity contribution in [1.82, 2.24) is 5.32 Å². The molecule has 1 aromatic rings. The van der Waals surface area contributed by atoms with Crippen molar-refractivity contribution in [2.45, 2.75) is 51.5 Å². The summed E-state index contributed by atoms with van der Waals surface area (Å²) in [4.78, 5) is 24.5. The highest BCUT2D eigenvalue weighted by molar-refractivity contribution is 5.89. The molecule has 1 aliphatic carbocycles. The summed E-state index contributed by atoms with van der Waals surface area (Å²) in [5.74, 6) is -0.290. The number of nitrogens with one attached hydrogen (secondary N) is 1. The third-order valence-electron chi connectivity index (χ3n) is 4.20. The molecule has 4 nitrogen and oxygen atoms in total. The molecule has 0 fully saturated rings. The minimum absolute atomic E-state index is 0.0665. The average molecular weight is 303 g/mol. The molecule has 0 saturated heterocycles. The number of carbonyl (C=O) groups excluding carboxylic acids is 2. The Morgan fingerprint density at radius 3 is 2.73 bits per heavy atom. The number of hydrogen-bond donors (Lipinski definition) is 1. The van der Waals surface area contributed by atoms with Crippen LogP contribution in [0, 0.1) is 5.92 Å².